The van der Waals surface area contributed by atoms with Crippen molar-refractivity contribution < 1.29 is 4.74 Å². The molecule has 2 heterocycles. The van der Waals surface area contributed by atoms with Crippen LogP contribution in [0.3, 0.4) is 0 Å². The second-order valence-electron chi connectivity index (χ2n) is 7.57. The summed E-state index contributed by atoms with van der Waals surface area (Å²) < 4.78 is 7.89. The Bertz CT molecular complexity index is 698. The highest BCUT2D eigenvalue weighted by molar-refractivity contribution is 5.50. The number of aromatic nitrogens is 2. The Morgan fingerprint density at radius 2 is 2.04 bits per heavy atom. The molecule has 1 saturated carbocycles. The molecule has 1 aliphatic heterocycles. The van der Waals surface area contributed by atoms with Crippen molar-refractivity contribution >= 4 is 5.69 Å². The normalized spacial score (nSPS) is 26.8. The number of anilines is 1. The van der Waals surface area contributed by atoms with E-state index in [1.54, 1.807) is 0 Å². The van der Waals surface area contributed by atoms with Gasteiger partial charge in [-0.1, -0.05) is 0 Å². The van der Waals surface area contributed by atoms with Crippen molar-refractivity contribution in [1.82, 2.24) is 9.55 Å². The number of imidazole rings is 1. The molecule has 1 saturated heterocycles. The van der Waals surface area contributed by atoms with Gasteiger partial charge in [0.2, 0.25) is 0 Å². The van der Waals surface area contributed by atoms with E-state index in [1.165, 1.54) is 49.2 Å². The first kappa shape index (κ1) is 15.7. The number of nitrogens with zero attached hydrogens (tertiary/aromatic N) is 2. The molecule has 2 atom stereocenters. The largest absolute Gasteiger partial charge is 0.382 e. The summed E-state index contributed by atoms with van der Waals surface area (Å²) in [6.45, 7) is 6.07. The molecule has 2 fully saturated rings. The summed E-state index contributed by atoms with van der Waals surface area (Å²) >= 11 is 0. The molecule has 0 amide bonds. The van der Waals surface area contributed by atoms with Gasteiger partial charge in [-0.25, -0.2) is 4.98 Å². The maximum Gasteiger partial charge on any atom is 0.0997 e. The van der Waals surface area contributed by atoms with Gasteiger partial charge in [-0.3, -0.25) is 0 Å². The Kier molecular flexibility index (Phi) is 4.09. The van der Waals surface area contributed by atoms with Crippen molar-refractivity contribution in [3.8, 4) is 5.69 Å². The first-order valence-corrected chi connectivity index (χ1v) is 9.11. The van der Waals surface area contributed by atoms with E-state index >= 15 is 0 Å². The first-order chi connectivity index (χ1) is 11.7. The lowest BCUT2D eigenvalue weighted by atomic mass is 9.81. The zero-order valence-electron chi connectivity index (χ0n) is 14.7. The average Bonchev–Trinajstić information content (AvgIpc) is 3.14. The van der Waals surface area contributed by atoms with Crippen molar-refractivity contribution in [1.29, 1.82) is 0 Å². The minimum Gasteiger partial charge on any atom is -0.382 e. The zero-order chi connectivity index (χ0) is 16.6. The van der Waals surface area contributed by atoms with Gasteiger partial charge in [-0.2, -0.15) is 0 Å². The van der Waals surface area contributed by atoms with Gasteiger partial charge in [0.05, 0.1) is 18.6 Å². The number of rotatable bonds is 3. The molecular formula is C20H27N3O. The fourth-order valence-electron chi connectivity index (χ4n) is 4.31. The van der Waals surface area contributed by atoms with Crippen LogP contribution in [-0.4, -0.2) is 28.8 Å². The molecule has 1 N–H and O–H groups in total. The van der Waals surface area contributed by atoms with E-state index in [0.29, 0.717) is 11.5 Å². The van der Waals surface area contributed by atoms with Crippen LogP contribution in [-0.2, 0) is 4.74 Å². The van der Waals surface area contributed by atoms with Crippen LogP contribution in [0, 0.1) is 19.3 Å². The van der Waals surface area contributed by atoms with Crippen molar-refractivity contribution in [2.24, 2.45) is 5.41 Å². The molecular weight excluding hydrogens is 298 g/mol. The van der Waals surface area contributed by atoms with E-state index in [-0.39, 0.29) is 0 Å². The smallest absolute Gasteiger partial charge is 0.0997 e. The van der Waals surface area contributed by atoms with Crippen molar-refractivity contribution in [3.63, 3.8) is 0 Å². The maximum atomic E-state index is 5.75. The van der Waals surface area contributed by atoms with Crippen LogP contribution in [0.1, 0.15) is 43.5 Å². The average molecular weight is 325 g/mol. The molecule has 0 bridgehead atoms. The van der Waals surface area contributed by atoms with Gasteiger partial charge >= 0.3 is 0 Å². The van der Waals surface area contributed by atoms with Crippen LogP contribution in [0.4, 0.5) is 5.69 Å². The van der Waals surface area contributed by atoms with E-state index in [4.69, 9.17) is 4.74 Å². The third kappa shape index (κ3) is 2.95. The molecule has 2 aliphatic rings. The topological polar surface area (TPSA) is 39.1 Å². The Hall–Kier alpha value is -1.81. The Morgan fingerprint density at radius 3 is 2.71 bits per heavy atom. The fourth-order valence-corrected chi connectivity index (χ4v) is 4.31. The predicted octanol–water partition coefficient (Wildman–Crippen LogP) is 4.25. The van der Waals surface area contributed by atoms with E-state index < -0.39 is 0 Å². The number of aryl methyl sites for hydroxylation is 1. The lowest BCUT2D eigenvalue weighted by Crippen LogP contribution is -2.30. The minimum absolute atomic E-state index is 0.446. The van der Waals surface area contributed by atoms with Crippen LogP contribution in [0.2, 0.25) is 0 Å². The highest BCUT2D eigenvalue weighted by atomic mass is 16.5. The summed E-state index contributed by atoms with van der Waals surface area (Å²) in [5.41, 5.74) is 5.12. The molecule has 24 heavy (non-hydrogen) atoms. The molecule has 1 aromatic heterocycles. The fraction of sp³-hybridized carbons (Fsp3) is 0.550. The minimum atomic E-state index is 0.446. The van der Waals surface area contributed by atoms with Gasteiger partial charge in [-0.15, -0.1) is 0 Å². The van der Waals surface area contributed by atoms with Crippen LogP contribution < -0.4 is 5.32 Å². The number of benzene rings is 1. The molecule has 0 radical (unpaired) electrons. The third-order valence-corrected chi connectivity index (χ3v) is 5.87. The number of hydrogen-bond acceptors (Lipinski definition) is 3. The van der Waals surface area contributed by atoms with Crippen LogP contribution in [0.25, 0.3) is 5.69 Å². The Morgan fingerprint density at radius 1 is 1.21 bits per heavy atom. The second kappa shape index (κ2) is 6.25. The van der Waals surface area contributed by atoms with Gasteiger partial charge in [-0.05, 0) is 75.6 Å². The van der Waals surface area contributed by atoms with Gasteiger partial charge in [0.1, 0.15) is 0 Å². The predicted molar refractivity (Wildman–Crippen MR) is 96.8 cm³/mol. The molecule has 2 aromatic rings. The Balaban J connectivity index is 1.42. The van der Waals surface area contributed by atoms with E-state index in [2.05, 4.69) is 46.1 Å². The lowest BCUT2D eigenvalue weighted by molar-refractivity contribution is -0.00425. The first-order valence-electron chi connectivity index (χ1n) is 9.11. The lowest BCUT2D eigenvalue weighted by Gasteiger charge is -2.33. The number of nitrogens with one attached hydrogen (secondary N) is 1. The summed E-state index contributed by atoms with van der Waals surface area (Å²) in [5.74, 6) is 0. The quantitative estimate of drug-likeness (QED) is 0.917. The SMILES string of the molecule is Cc1ncn(-c2ccc(NC3CCC4(CCCOC4)C3)cc2)c1C. The van der Waals surface area contributed by atoms with E-state index in [9.17, 15) is 0 Å². The van der Waals surface area contributed by atoms with Crippen molar-refractivity contribution in [2.45, 2.75) is 52.0 Å². The molecule has 4 heteroatoms. The van der Waals surface area contributed by atoms with Gasteiger partial charge < -0.3 is 14.6 Å². The highest BCUT2D eigenvalue weighted by Gasteiger charge is 2.40. The Labute approximate surface area is 144 Å². The highest BCUT2D eigenvalue weighted by Crippen LogP contribution is 2.45. The van der Waals surface area contributed by atoms with Crippen molar-refractivity contribution in [2.75, 3.05) is 18.5 Å². The van der Waals surface area contributed by atoms with Crippen LogP contribution >= 0.6 is 0 Å². The third-order valence-electron chi connectivity index (χ3n) is 5.87. The number of ether oxygens (including phenoxy) is 1. The number of hydrogen-bond donors (Lipinski definition) is 1. The molecule has 128 valence electrons. The molecule has 4 rings (SSSR count). The summed E-state index contributed by atoms with van der Waals surface area (Å²) in [6, 6.07) is 9.30. The molecule has 4 nitrogen and oxygen atoms in total. The summed E-state index contributed by atoms with van der Waals surface area (Å²) in [5, 5.41) is 3.73. The van der Waals surface area contributed by atoms with Crippen molar-refractivity contribution in [3.05, 3.63) is 42.0 Å². The molecule has 1 spiro atoms. The maximum absolute atomic E-state index is 5.75. The van der Waals surface area contributed by atoms with Gasteiger partial charge in [0.15, 0.2) is 0 Å². The standard InChI is InChI=1S/C20H27N3O/c1-15-16(2)23(14-21-15)19-6-4-17(5-7-19)22-18-8-10-20(12-18)9-3-11-24-13-20/h4-7,14,18,22H,3,8-13H2,1-2H3. The van der Waals surface area contributed by atoms with Crippen LogP contribution in [0.15, 0.2) is 30.6 Å². The molecule has 1 aromatic carbocycles. The van der Waals surface area contributed by atoms with Crippen LogP contribution in [0.5, 0.6) is 0 Å². The second-order valence-corrected chi connectivity index (χ2v) is 7.57. The van der Waals surface area contributed by atoms with Gasteiger partial charge in [0.25, 0.3) is 0 Å². The van der Waals surface area contributed by atoms with Gasteiger partial charge in [0, 0.05) is 29.7 Å². The summed E-state index contributed by atoms with van der Waals surface area (Å²) in [7, 11) is 0. The van der Waals surface area contributed by atoms with E-state index in [1.807, 2.05) is 13.3 Å². The molecule has 2 unspecified atom stereocenters. The monoisotopic (exact) mass is 325 g/mol. The molecule has 1 aliphatic carbocycles. The zero-order valence-corrected chi connectivity index (χ0v) is 14.7. The van der Waals surface area contributed by atoms with E-state index in [0.717, 1.165) is 18.9 Å². The summed E-state index contributed by atoms with van der Waals surface area (Å²) in [6.07, 6.45) is 8.27. The summed E-state index contributed by atoms with van der Waals surface area (Å²) in [4.78, 5) is 4.38.